The van der Waals surface area contributed by atoms with Crippen molar-refractivity contribution >= 4 is 5.69 Å². The molecule has 0 bridgehead atoms. The second-order valence-electron chi connectivity index (χ2n) is 4.29. The van der Waals surface area contributed by atoms with Crippen LogP contribution in [0.2, 0.25) is 0 Å². The highest BCUT2D eigenvalue weighted by molar-refractivity contribution is 5.46. The molecule has 1 N–H and O–H groups in total. The monoisotopic (exact) mass is 269 g/mol. The lowest BCUT2D eigenvalue weighted by Crippen LogP contribution is -2.44. The topological polar surface area (TPSA) is 67.6 Å². The van der Waals surface area contributed by atoms with Gasteiger partial charge in [-0.15, -0.1) is 0 Å². The third kappa shape index (κ3) is 3.62. The molecule has 1 aromatic carbocycles. The predicted molar refractivity (Wildman–Crippen MR) is 67.9 cm³/mol. The molecule has 1 aliphatic heterocycles. The molecule has 7 heteroatoms. The maximum Gasteiger partial charge on any atom is 0.314 e. The summed E-state index contributed by atoms with van der Waals surface area (Å²) in [6.07, 6.45) is 0. The van der Waals surface area contributed by atoms with Crippen LogP contribution in [-0.2, 0) is 0 Å². The van der Waals surface area contributed by atoms with Gasteiger partial charge in [0.2, 0.25) is 5.75 Å². The summed E-state index contributed by atoms with van der Waals surface area (Å²) in [7, 11) is 0. The van der Waals surface area contributed by atoms with Gasteiger partial charge in [0.25, 0.3) is 0 Å². The van der Waals surface area contributed by atoms with Crippen LogP contribution < -0.4 is 10.1 Å². The molecule has 0 radical (unpaired) electrons. The average molecular weight is 269 g/mol. The molecule has 0 atom stereocenters. The lowest BCUT2D eigenvalue weighted by atomic mass is 10.3. The van der Waals surface area contributed by atoms with Gasteiger partial charge in [0.15, 0.2) is 5.82 Å². The van der Waals surface area contributed by atoms with Crippen molar-refractivity contribution in [2.24, 2.45) is 0 Å². The Morgan fingerprint density at radius 1 is 1.42 bits per heavy atom. The predicted octanol–water partition coefficient (Wildman–Crippen LogP) is 1.02. The number of hydrogen-bond donors (Lipinski definition) is 1. The molecule has 1 fully saturated rings. The number of nitro groups is 1. The minimum atomic E-state index is -0.700. The van der Waals surface area contributed by atoms with E-state index < -0.39 is 10.7 Å². The van der Waals surface area contributed by atoms with Crippen molar-refractivity contribution in [2.45, 2.75) is 0 Å². The van der Waals surface area contributed by atoms with Crippen LogP contribution >= 0.6 is 0 Å². The molecule has 0 aromatic heterocycles. The zero-order chi connectivity index (χ0) is 13.7. The molecule has 1 heterocycles. The van der Waals surface area contributed by atoms with Crippen LogP contribution in [0.15, 0.2) is 18.2 Å². The van der Waals surface area contributed by atoms with Crippen molar-refractivity contribution in [3.8, 4) is 5.75 Å². The number of para-hydroxylation sites is 1. The first-order valence-electron chi connectivity index (χ1n) is 6.17. The van der Waals surface area contributed by atoms with Gasteiger partial charge < -0.3 is 10.1 Å². The Balaban J connectivity index is 1.93. The SMILES string of the molecule is O=[N+]([O-])c1cccc(F)c1OCCN1CCNCC1. The molecule has 0 saturated carbocycles. The van der Waals surface area contributed by atoms with Crippen molar-refractivity contribution in [3.63, 3.8) is 0 Å². The van der Waals surface area contributed by atoms with Gasteiger partial charge in [-0.2, -0.15) is 0 Å². The van der Waals surface area contributed by atoms with Gasteiger partial charge in [-0.3, -0.25) is 15.0 Å². The molecule has 6 nitrogen and oxygen atoms in total. The molecular formula is C12H16FN3O3. The molecule has 2 rings (SSSR count). The standard InChI is InChI=1S/C12H16FN3O3/c13-10-2-1-3-11(16(17)18)12(10)19-9-8-15-6-4-14-5-7-15/h1-3,14H,4-9H2. The van der Waals surface area contributed by atoms with E-state index in [1.54, 1.807) is 0 Å². The second kappa shape index (κ2) is 6.44. The number of ether oxygens (including phenoxy) is 1. The summed E-state index contributed by atoms with van der Waals surface area (Å²) >= 11 is 0. The molecule has 1 aliphatic rings. The fraction of sp³-hybridized carbons (Fsp3) is 0.500. The highest BCUT2D eigenvalue weighted by Crippen LogP contribution is 2.29. The molecule has 1 saturated heterocycles. The van der Waals surface area contributed by atoms with Crippen LogP contribution in [0.5, 0.6) is 5.75 Å². The van der Waals surface area contributed by atoms with Gasteiger partial charge in [-0.05, 0) is 6.07 Å². The van der Waals surface area contributed by atoms with Crippen molar-refractivity contribution in [3.05, 3.63) is 34.1 Å². The van der Waals surface area contributed by atoms with E-state index in [0.29, 0.717) is 6.54 Å². The van der Waals surface area contributed by atoms with E-state index in [4.69, 9.17) is 4.74 Å². The number of benzene rings is 1. The fourth-order valence-corrected chi connectivity index (χ4v) is 2.00. The normalized spacial score (nSPS) is 16.3. The van der Waals surface area contributed by atoms with Crippen LogP contribution in [0.4, 0.5) is 10.1 Å². The molecule has 0 amide bonds. The average Bonchev–Trinajstić information content (AvgIpc) is 2.41. The van der Waals surface area contributed by atoms with Gasteiger partial charge in [0.1, 0.15) is 6.61 Å². The Morgan fingerprint density at radius 3 is 2.84 bits per heavy atom. The van der Waals surface area contributed by atoms with Gasteiger partial charge in [0.05, 0.1) is 4.92 Å². The van der Waals surface area contributed by atoms with Crippen molar-refractivity contribution < 1.29 is 14.1 Å². The summed E-state index contributed by atoms with van der Waals surface area (Å²) in [5, 5.41) is 14.0. The van der Waals surface area contributed by atoms with Crippen LogP contribution in [0.3, 0.4) is 0 Å². The smallest absolute Gasteiger partial charge is 0.314 e. The quantitative estimate of drug-likeness (QED) is 0.638. The van der Waals surface area contributed by atoms with E-state index in [1.165, 1.54) is 12.1 Å². The maximum absolute atomic E-state index is 13.5. The minimum absolute atomic E-state index is 0.238. The van der Waals surface area contributed by atoms with Crippen molar-refractivity contribution in [2.75, 3.05) is 39.3 Å². The summed E-state index contributed by atoms with van der Waals surface area (Å²) in [5.41, 5.74) is -0.333. The molecule has 1 aromatic rings. The lowest BCUT2D eigenvalue weighted by molar-refractivity contribution is -0.386. The summed E-state index contributed by atoms with van der Waals surface area (Å²) in [6.45, 7) is 4.51. The van der Waals surface area contributed by atoms with Crippen molar-refractivity contribution in [1.29, 1.82) is 0 Å². The Labute approximate surface area is 110 Å². The third-order valence-corrected chi connectivity index (χ3v) is 3.01. The van der Waals surface area contributed by atoms with Gasteiger partial charge in [-0.25, -0.2) is 4.39 Å². The van der Waals surface area contributed by atoms with E-state index in [-0.39, 0.29) is 18.0 Å². The number of halogens is 1. The fourth-order valence-electron chi connectivity index (χ4n) is 2.00. The van der Waals surface area contributed by atoms with Crippen LogP contribution in [0.25, 0.3) is 0 Å². The molecule has 19 heavy (non-hydrogen) atoms. The number of nitrogens with one attached hydrogen (secondary N) is 1. The van der Waals surface area contributed by atoms with E-state index in [0.717, 1.165) is 32.2 Å². The summed E-state index contributed by atoms with van der Waals surface area (Å²) in [5.74, 6) is -0.975. The summed E-state index contributed by atoms with van der Waals surface area (Å²) in [6, 6.07) is 3.70. The first-order valence-corrected chi connectivity index (χ1v) is 6.17. The van der Waals surface area contributed by atoms with Crippen LogP contribution in [-0.4, -0.2) is 49.2 Å². The van der Waals surface area contributed by atoms with Gasteiger partial charge in [-0.1, -0.05) is 6.07 Å². The Kier molecular flexibility index (Phi) is 4.64. The van der Waals surface area contributed by atoms with E-state index in [1.807, 2.05) is 0 Å². The largest absolute Gasteiger partial charge is 0.483 e. The number of rotatable bonds is 5. The Bertz CT molecular complexity index is 450. The zero-order valence-electron chi connectivity index (χ0n) is 10.5. The highest BCUT2D eigenvalue weighted by atomic mass is 19.1. The van der Waals surface area contributed by atoms with Crippen LogP contribution in [0.1, 0.15) is 0 Å². The molecule has 0 aliphatic carbocycles. The molecule has 0 unspecified atom stereocenters. The number of hydrogen-bond acceptors (Lipinski definition) is 5. The first kappa shape index (κ1) is 13.7. The molecular weight excluding hydrogens is 253 g/mol. The van der Waals surface area contributed by atoms with Crippen LogP contribution in [0, 0.1) is 15.9 Å². The lowest BCUT2D eigenvalue weighted by Gasteiger charge is -2.26. The second-order valence-corrected chi connectivity index (χ2v) is 4.29. The van der Waals surface area contributed by atoms with E-state index in [9.17, 15) is 14.5 Å². The highest BCUT2D eigenvalue weighted by Gasteiger charge is 2.19. The summed E-state index contributed by atoms with van der Waals surface area (Å²) in [4.78, 5) is 12.3. The minimum Gasteiger partial charge on any atom is -0.483 e. The zero-order valence-corrected chi connectivity index (χ0v) is 10.5. The first-order chi connectivity index (χ1) is 9.18. The number of piperazine rings is 1. The third-order valence-electron chi connectivity index (χ3n) is 3.01. The number of nitrogens with zero attached hydrogens (tertiary/aromatic N) is 2. The van der Waals surface area contributed by atoms with Gasteiger partial charge >= 0.3 is 5.69 Å². The van der Waals surface area contributed by atoms with E-state index in [2.05, 4.69) is 10.2 Å². The number of nitro benzene ring substituents is 1. The molecule has 0 spiro atoms. The maximum atomic E-state index is 13.5. The van der Waals surface area contributed by atoms with Crippen molar-refractivity contribution in [1.82, 2.24) is 10.2 Å². The Morgan fingerprint density at radius 2 is 2.16 bits per heavy atom. The molecule has 104 valence electrons. The Hall–Kier alpha value is -1.73. The summed E-state index contributed by atoms with van der Waals surface area (Å²) < 4.78 is 18.8. The van der Waals surface area contributed by atoms with E-state index >= 15 is 0 Å². The van der Waals surface area contributed by atoms with Gasteiger partial charge in [0, 0.05) is 38.8 Å².